The van der Waals surface area contributed by atoms with E-state index in [9.17, 15) is 9.90 Å². The topological polar surface area (TPSA) is 120 Å². The number of esters is 1. The van der Waals surface area contributed by atoms with E-state index in [0.29, 0.717) is 0 Å². The number of carbonyl (C=O) groups is 1. The zero-order valence-corrected chi connectivity index (χ0v) is 11.1. The maximum Gasteiger partial charge on any atom is 0.305 e. The van der Waals surface area contributed by atoms with Gasteiger partial charge in [-0.05, 0) is 0 Å². The number of nitrogen functional groups attached to an aromatic ring is 1. The van der Waals surface area contributed by atoms with Gasteiger partial charge in [0.05, 0.1) is 0 Å². The second-order valence-corrected chi connectivity index (χ2v) is 3.92. The van der Waals surface area contributed by atoms with E-state index in [1.54, 1.807) is 6.92 Å². The van der Waals surface area contributed by atoms with Gasteiger partial charge in [-0.25, -0.2) is 10.5 Å². The summed E-state index contributed by atoms with van der Waals surface area (Å²) >= 11 is 5.66. The predicted octanol–water partition coefficient (Wildman–Crippen LogP) is 0.370. The first kappa shape index (κ1) is 15.4. The molecule has 0 aliphatic rings. The normalized spacial score (nSPS) is 11.9. The van der Waals surface area contributed by atoms with Gasteiger partial charge in [-0.3, -0.25) is 9.63 Å². The van der Waals surface area contributed by atoms with Crippen molar-refractivity contribution in [1.29, 1.82) is 0 Å². The van der Waals surface area contributed by atoms with Crippen molar-refractivity contribution in [3.05, 3.63) is 11.2 Å². The Morgan fingerprint density at radius 1 is 1.58 bits per heavy atom. The number of nitrogens with two attached hydrogens (primary N) is 1. The lowest BCUT2D eigenvalue weighted by Crippen LogP contribution is -2.25. The molecule has 19 heavy (non-hydrogen) atoms. The third kappa shape index (κ3) is 6.18. The van der Waals surface area contributed by atoms with E-state index in [-0.39, 0.29) is 42.5 Å². The zero-order valence-electron chi connectivity index (χ0n) is 10.3. The minimum absolute atomic E-state index is 0.00368. The monoisotopic (exact) mass is 290 g/mol. The number of aromatic nitrogens is 2. The van der Waals surface area contributed by atoms with Gasteiger partial charge in [0, 0.05) is 12.5 Å². The molecule has 1 aromatic rings. The molecule has 0 aliphatic heterocycles. The average molecular weight is 291 g/mol. The van der Waals surface area contributed by atoms with Crippen LogP contribution in [0.15, 0.2) is 6.07 Å². The molecular weight excluding hydrogens is 276 g/mol. The van der Waals surface area contributed by atoms with E-state index >= 15 is 0 Å². The quantitative estimate of drug-likeness (QED) is 0.374. The van der Waals surface area contributed by atoms with Gasteiger partial charge >= 0.3 is 5.97 Å². The van der Waals surface area contributed by atoms with E-state index in [0.717, 1.165) is 0 Å². The second kappa shape index (κ2) is 7.72. The predicted molar refractivity (Wildman–Crippen MR) is 68.3 cm³/mol. The van der Waals surface area contributed by atoms with Crippen LogP contribution in [0.3, 0.4) is 0 Å². The van der Waals surface area contributed by atoms with Gasteiger partial charge in [0.15, 0.2) is 5.82 Å². The maximum absolute atomic E-state index is 10.9. The molecule has 0 aromatic carbocycles. The average Bonchev–Trinajstić information content (AvgIpc) is 2.34. The summed E-state index contributed by atoms with van der Waals surface area (Å²) in [5.41, 5.74) is 7.82. The summed E-state index contributed by atoms with van der Waals surface area (Å²) < 4.78 is 4.73. The van der Waals surface area contributed by atoms with Crippen LogP contribution in [-0.4, -0.2) is 40.4 Å². The Balaban J connectivity index is 2.27. The van der Waals surface area contributed by atoms with Crippen molar-refractivity contribution >= 4 is 29.3 Å². The molecule has 106 valence electrons. The number of aliphatic hydroxyl groups is 1. The van der Waals surface area contributed by atoms with Crippen LogP contribution in [0.2, 0.25) is 5.15 Å². The molecule has 0 saturated heterocycles. The molecule has 1 unspecified atom stereocenters. The lowest BCUT2D eigenvalue weighted by atomic mass is 10.4. The van der Waals surface area contributed by atoms with E-state index in [1.165, 1.54) is 6.07 Å². The van der Waals surface area contributed by atoms with Crippen LogP contribution in [0.1, 0.15) is 13.3 Å². The van der Waals surface area contributed by atoms with Crippen molar-refractivity contribution < 1.29 is 19.5 Å². The largest absolute Gasteiger partial charge is 0.463 e. The van der Waals surface area contributed by atoms with E-state index in [4.69, 9.17) is 26.9 Å². The van der Waals surface area contributed by atoms with E-state index < -0.39 is 6.10 Å². The van der Waals surface area contributed by atoms with Gasteiger partial charge < -0.3 is 15.6 Å². The van der Waals surface area contributed by atoms with Crippen molar-refractivity contribution in [2.24, 2.45) is 0 Å². The summed E-state index contributed by atoms with van der Waals surface area (Å²) in [4.78, 5) is 23.3. The van der Waals surface area contributed by atoms with Gasteiger partial charge in [-0.15, -0.1) is 0 Å². The van der Waals surface area contributed by atoms with Crippen LogP contribution in [0.25, 0.3) is 0 Å². The number of halogens is 1. The Labute approximate surface area is 114 Å². The highest BCUT2D eigenvalue weighted by atomic mass is 35.5. The number of hydrogen-bond acceptors (Lipinski definition) is 8. The smallest absolute Gasteiger partial charge is 0.305 e. The Morgan fingerprint density at radius 3 is 2.95 bits per heavy atom. The second-order valence-electron chi connectivity index (χ2n) is 3.54. The maximum atomic E-state index is 10.9. The van der Waals surface area contributed by atoms with Gasteiger partial charge in [0.2, 0.25) is 5.95 Å². The van der Waals surface area contributed by atoms with Gasteiger partial charge in [0.25, 0.3) is 0 Å². The highest BCUT2D eigenvalue weighted by Gasteiger charge is 2.08. The van der Waals surface area contributed by atoms with Crippen molar-refractivity contribution in [3.8, 4) is 0 Å². The number of carbonyl (C=O) groups excluding carboxylic acids is 1. The minimum Gasteiger partial charge on any atom is -0.463 e. The summed E-state index contributed by atoms with van der Waals surface area (Å²) in [5, 5.41) is 9.62. The standard InChI is InChI=1S/C10H15ClN4O4/c1-2-9(17)18-4-6(16)5-19-15-8-3-7(11)13-10(12)14-8/h3,6,16H,2,4-5H2,1H3,(H3,12,13,14,15). The molecule has 0 fully saturated rings. The first-order valence-electron chi connectivity index (χ1n) is 5.52. The lowest BCUT2D eigenvalue weighted by molar-refractivity contribution is -0.147. The molecular formula is C10H15ClN4O4. The fourth-order valence-corrected chi connectivity index (χ4v) is 1.23. The van der Waals surface area contributed by atoms with Gasteiger partial charge in [-0.2, -0.15) is 4.98 Å². The Hall–Kier alpha value is -1.64. The van der Waals surface area contributed by atoms with E-state index in [1.807, 2.05) is 0 Å². The molecule has 0 radical (unpaired) electrons. The number of rotatable bonds is 7. The number of hydrogen-bond donors (Lipinski definition) is 3. The molecule has 1 rings (SSSR count). The van der Waals surface area contributed by atoms with Crippen LogP contribution in [0, 0.1) is 0 Å². The van der Waals surface area contributed by atoms with Gasteiger partial charge in [0.1, 0.15) is 24.5 Å². The summed E-state index contributed by atoms with van der Waals surface area (Å²) in [5.74, 6) is -0.131. The molecule has 1 heterocycles. The lowest BCUT2D eigenvalue weighted by Gasteiger charge is -2.12. The van der Waals surface area contributed by atoms with Crippen LogP contribution < -0.4 is 11.2 Å². The van der Waals surface area contributed by atoms with Crippen molar-refractivity contribution in [2.45, 2.75) is 19.4 Å². The van der Waals surface area contributed by atoms with Gasteiger partial charge in [-0.1, -0.05) is 18.5 Å². The molecule has 0 amide bonds. The number of nitrogens with zero attached hydrogens (tertiary/aromatic N) is 2. The highest BCUT2D eigenvalue weighted by Crippen LogP contribution is 2.12. The molecule has 4 N–H and O–H groups in total. The molecule has 0 aliphatic carbocycles. The van der Waals surface area contributed by atoms with Crippen LogP contribution >= 0.6 is 11.6 Å². The minimum atomic E-state index is -0.947. The van der Waals surface area contributed by atoms with Crippen molar-refractivity contribution in [1.82, 2.24) is 9.97 Å². The van der Waals surface area contributed by atoms with Crippen molar-refractivity contribution in [2.75, 3.05) is 24.4 Å². The van der Waals surface area contributed by atoms with Crippen LogP contribution in [-0.2, 0) is 14.4 Å². The Kier molecular flexibility index (Phi) is 6.26. The molecule has 0 bridgehead atoms. The SMILES string of the molecule is CCC(=O)OCC(O)CONc1cc(Cl)nc(N)n1. The number of aliphatic hydroxyl groups excluding tert-OH is 1. The molecule has 0 spiro atoms. The fourth-order valence-electron chi connectivity index (χ4n) is 1.04. The zero-order chi connectivity index (χ0) is 14.3. The number of nitrogens with one attached hydrogen (secondary N) is 1. The summed E-state index contributed by atoms with van der Waals surface area (Å²) in [7, 11) is 0. The molecule has 1 aromatic heterocycles. The third-order valence-corrected chi connectivity index (χ3v) is 2.08. The van der Waals surface area contributed by atoms with Crippen LogP contribution in [0.5, 0.6) is 0 Å². The number of ether oxygens (including phenoxy) is 1. The first-order valence-corrected chi connectivity index (χ1v) is 5.90. The summed E-state index contributed by atoms with van der Waals surface area (Å²) in [6.45, 7) is 1.43. The Bertz CT molecular complexity index is 412. The van der Waals surface area contributed by atoms with Crippen LogP contribution in [0.4, 0.5) is 11.8 Å². The highest BCUT2D eigenvalue weighted by molar-refractivity contribution is 6.29. The van der Waals surface area contributed by atoms with E-state index in [2.05, 4.69) is 15.4 Å². The van der Waals surface area contributed by atoms with Crippen molar-refractivity contribution in [3.63, 3.8) is 0 Å². The summed E-state index contributed by atoms with van der Waals surface area (Å²) in [6, 6.07) is 1.40. The Morgan fingerprint density at radius 2 is 2.32 bits per heavy atom. The summed E-state index contributed by atoms with van der Waals surface area (Å²) in [6.07, 6.45) is -0.692. The molecule has 1 atom stereocenters. The number of anilines is 2. The molecule has 9 heteroatoms. The fraction of sp³-hybridized carbons (Fsp3) is 0.500. The molecule has 0 saturated carbocycles. The first-order chi connectivity index (χ1) is 9.01. The molecule has 8 nitrogen and oxygen atoms in total. The third-order valence-electron chi connectivity index (χ3n) is 1.89.